The fourth-order valence-electron chi connectivity index (χ4n) is 4.34. The Hall–Kier alpha value is -1.98. The molecule has 5 rings (SSSR count). The molecule has 2 aliphatic heterocycles. The van der Waals surface area contributed by atoms with Gasteiger partial charge >= 0.3 is 17.7 Å². The first kappa shape index (κ1) is 13.7. The number of hydrogen-bond donors (Lipinski definition) is 2. The van der Waals surface area contributed by atoms with Crippen molar-refractivity contribution in [1.29, 1.82) is 0 Å². The fraction of sp³-hybridized carbons (Fsp3) is 0.625. The summed E-state index contributed by atoms with van der Waals surface area (Å²) in [5, 5.41) is 16.3. The summed E-state index contributed by atoms with van der Waals surface area (Å²) in [7, 11) is 0. The second-order valence-electron chi connectivity index (χ2n) is 6.56. The van der Waals surface area contributed by atoms with Crippen molar-refractivity contribution in [2.75, 3.05) is 0 Å². The van der Waals surface area contributed by atoms with Gasteiger partial charge < -0.3 is 19.7 Å². The van der Waals surface area contributed by atoms with Gasteiger partial charge in [0.15, 0.2) is 5.76 Å². The van der Waals surface area contributed by atoms with Gasteiger partial charge in [0.25, 0.3) is 0 Å². The molecule has 2 heterocycles. The van der Waals surface area contributed by atoms with Crippen LogP contribution < -0.4 is 0 Å². The molecule has 0 radical (unpaired) electrons. The van der Waals surface area contributed by atoms with Gasteiger partial charge in [0.2, 0.25) is 5.76 Å². The summed E-state index contributed by atoms with van der Waals surface area (Å²) >= 11 is 0. The predicted molar refractivity (Wildman–Crippen MR) is 73.4 cm³/mol. The van der Waals surface area contributed by atoms with Crippen molar-refractivity contribution >= 4 is 11.9 Å². The lowest BCUT2D eigenvalue weighted by Crippen LogP contribution is -2.26. The number of carboxylic acid groups (broad SMARTS) is 2. The molecule has 22 heavy (non-hydrogen) atoms. The molecule has 5 aliphatic rings. The van der Waals surface area contributed by atoms with Gasteiger partial charge in [0.1, 0.15) is 0 Å². The van der Waals surface area contributed by atoms with Crippen molar-refractivity contribution in [3.05, 3.63) is 23.7 Å². The maximum atomic E-state index is 9.90. The lowest BCUT2D eigenvalue weighted by atomic mass is 9.85. The maximum Gasteiger partial charge on any atom is 0.317 e. The van der Waals surface area contributed by atoms with E-state index >= 15 is 0 Å². The summed E-state index contributed by atoms with van der Waals surface area (Å²) in [5.74, 6) is 3.41. The normalized spacial score (nSPS) is 39.8. The molecular weight excluding hydrogens is 288 g/mol. The summed E-state index contributed by atoms with van der Waals surface area (Å²) in [6, 6.07) is 0. The SMILES string of the molecule is C1=CC2CC1C1C3=C4OC4(O3)C21.O=C(O)CCCCC(=O)O. The Bertz CT molecular complexity index is 590. The molecule has 0 aromatic heterocycles. The molecule has 3 aliphatic carbocycles. The molecule has 4 bridgehead atoms. The van der Waals surface area contributed by atoms with Crippen LogP contribution in [0.2, 0.25) is 0 Å². The molecular formula is C16H18O6. The van der Waals surface area contributed by atoms with Crippen molar-refractivity contribution in [2.45, 2.75) is 37.9 Å². The second kappa shape index (κ2) is 4.51. The van der Waals surface area contributed by atoms with E-state index in [2.05, 4.69) is 12.2 Å². The Morgan fingerprint density at radius 3 is 2.27 bits per heavy atom. The molecule has 118 valence electrons. The fourth-order valence-corrected chi connectivity index (χ4v) is 4.34. The monoisotopic (exact) mass is 306 g/mol. The Labute approximate surface area is 127 Å². The van der Waals surface area contributed by atoms with Crippen LogP contribution in [0.5, 0.6) is 0 Å². The standard InChI is InChI=1S/C10H8O2.C6H10O4/c1-2-5-3-4(1)6-7(5)10-9(12-10)8(6)11-10;7-5(8)3-1-2-4-6(9)10/h1-2,4-7H,3H2;1-4H2,(H,7,8)(H,9,10). The van der Waals surface area contributed by atoms with Gasteiger partial charge in [-0.05, 0) is 31.1 Å². The minimum atomic E-state index is -0.870. The third-order valence-electron chi connectivity index (χ3n) is 5.25. The number of epoxide rings is 1. The summed E-state index contributed by atoms with van der Waals surface area (Å²) in [6.07, 6.45) is 7.11. The number of hydrogen-bond acceptors (Lipinski definition) is 4. The third kappa shape index (κ3) is 1.79. The van der Waals surface area contributed by atoms with E-state index in [1.165, 1.54) is 17.9 Å². The van der Waals surface area contributed by atoms with Crippen molar-refractivity contribution in [1.82, 2.24) is 0 Å². The van der Waals surface area contributed by atoms with Gasteiger partial charge in [-0.25, -0.2) is 0 Å². The third-order valence-corrected chi connectivity index (χ3v) is 5.25. The number of fused-ring (bicyclic) bond motifs is 6. The van der Waals surface area contributed by atoms with Gasteiger partial charge in [0.05, 0.1) is 5.92 Å². The number of allylic oxidation sites excluding steroid dienone is 3. The van der Waals surface area contributed by atoms with Crippen LogP contribution in [-0.2, 0) is 19.1 Å². The number of carbonyl (C=O) groups is 2. The number of rotatable bonds is 5. The zero-order valence-electron chi connectivity index (χ0n) is 12.0. The zero-order valence-corrected chi connectivity index (χ0v) is 12.0. The molecule has 5 atom stereocenters. The highest BCUT2D eigenvalue weighted by Gasteiger charge is 2.84. The van der Waals surface area contributed by atoms with Gasteiger partial charge in [-0.3, -0.25) is 9.59 Å². The van der Waals surface area contributed by atoms with Crippen molar-refractivity contribution in [3.8, 4) is 0 Å². The Balaban J connectivity index is 0.000000117. The lowest BCUT2D eigenvalue weighted by Gasteiger charge is -2.16. The van der Waals surface area contributed by atoms with Crippen LogP contribution in [0, 0.1) is 23.7 Å². The quantitative estimate of drug-likeness (QED) is 0.459. The number of unbranched alkanes of at least 4 members (excludes halogenated alkanes) is 1. The van der Waals surface area contributed by atoms with Crippen LogP contribution in [0.4, 0.5) is 0 Å². The number of aliphatic carboxylic acids is 2. The highest BCUT2D eigenvalue weighted by molar-refractivity contribution is 5.67. The lowest BCUT2D eigenvalue weighted by molar-refractivity contribution is -0.139. The summed E-state index contributed by atoms with van der Waals surface area (Å²) in [6.45, 7) is 0. The summed E-state index contributed by atoms with van der Waals surface area (Å²) in [5.41, 5.74) is 0. The van der Waals surface area contributed by atoms with Gasteiger partial charge in [-0.2, -0.15) is 0 Å². The molecule has 0 aromatic carbocycles. The molecule has 2 fully saturated rings. The molecule has 6 heteroatoms. The van der Waals surface area contributed by atoms with Crippen LogP contribution in [0.25, 0.3) is 0 Å². The highest BCUT2D eigenvalue weighted by atomic mass is 16.8. The summed E-state index contributed by atoms with van der Waals surface area (Å²) < 4.78 is 11.2. The molecule has 1 saturated carbocycles. The number of ether oxygens (including phenoxy) is 2. The van der Waals surface area contributed by atoms with E-state index in [1.54, 1.807) is 0 Å². The van der Waals surface area contributed by atoms with E-state index in [-0.39, 0.29) is 18.6 Å². The molecule has 5 unspecified atom stereocenters. The van der Waals surface area contributed by atoms with E-state index in [4.69, 9.17) is 19.7 Å². The van der Waals surface area contributed by atoms with E-state index in [0.717, 1.165) is 11.8 Å². The summed E-state index contributed by atoms with van der Waals surface area (Å²) in [4.78, 5) is 19.8. The van der Waals surface area contributed by atoms with Crippen LogP contribution in [-0.4, -0.2) is 27.9 Å². The largest absolute Gasteiger partial charge is 0.481 e. The minimum absolute atomic E-state index is 0.0628. The molecule has 0 aromatic rings. The maximum absolute atomic E-state index is 9.90. The molecule has 2 N–H and O–H groups in total. The van der Waals surface area contributed by atoms with Crippen LogP contribution in [0.1, 0.15) is 32.1 Å². The Kier molecular flexibility index (Phi) is 2.80. The minimum Gasteiger partial charge on any atom is -0.481 e. The van der Waals surface area contributed by atoms with Gasteiger partial charge in [-0.1, -0.05) is 12.2 Å². The highest BCUT2D eigenvalue weighted by Crippen LogP contribution is 2.77. The van der Waals surface area contributed by atoms with Crippen molar-refractivity contribution in [3.63, 3.8) is 0 Å². The first-order valence-corrected chi connectivity index (χ1v) is 7.77. The molecule has 0 spiro atoms. The van der Waals surface area contributed by atoms with Crippen LogP contribution in [0.3, 0.4) is 0 Å². The van der Waals surface area contributed by atoms with Crippen molar-refractivity contribution < 1.29 is 29.3 Å². The topological polar surface area (TPSA) is 96.4 Å². The smallest absolute Gasteiger partial charge is 0.317 e. The Morgan fingerprint density at radius 2 is 1.73 bits per heavy atom. The predicted octanol–water partition coefficient (Wildman–Crippen LogP) is 2.12. The van der Waals surface area contributed by atoms with E-state index in [9.17, 15) is 9.59 Å². The van der Waals surface area contributed by atoms with E-state index in [1.807, 2.05) is 0 Å². The Morgan fingerprint density at radius 1 is 1.09 bits per heavy atom. The second-order valence-corrected chi connectivity index (χ2v) is 6.56. The average Bonchev–Trinajstić information content (AvgIpc) is 2.96. The molecule has 6 nitrogen and oxygen atoms in total. The number of carboxylic acids is 2. The average molecular weight is 306 g/mol. The molecule has 1 saturated heterocycles. The van der Waals surface area contributed by atoms with Gasteiger partial charge in [-0.15, -0.1) is 0 Å². The van der Waals surface area contributed by atoms with Crippen LogP contribution in [0.15, 0.2) is 23.7 Å². The van der Waals surface area contributed by atoms with E-state index in [0.29, 0.717) is 24.7 Å². The van der Waals surface area contributed by atoms with E-state index < -0.39 is 11.9 Å². The first-order valence-electron chi connectivity index (χ1n) is 7.77. The zero-order chi connectivity index (χ0) is 15.5. The molecule has 0 amide bonds. The first-order chi connectivity index (χ1) is 10.5. The van der Waals surface area contributed by atoms with Gasteiger partial charge in [0, 0.05) is 18.8 Å². The van der Waals surface area contributed by atoms with Crippen LogP contribution >= 0.6 is 0 Å². The van der Waals surface area contributed by atoms with Crippen molar-refractivity contribution in [2.24, 2.45) is 23.7 Å².